The molecule has 8 nitrogen and oxygen atoms in total. The number of phenolic OH excluding ortho intramolecular Hbond substituents is 1. The first-order valence-electron chi connectivity index (χ1n) is 15.9. The molecule has 0 aromatic heterocycles. The molecule has 46 heavy (non-hydrogen) atoms. The van der Waals surface area contributed by atoms with Crippen molar-refractivity contribution in [3.05, 3.63) is 108 Å². The zero-order valence-electron chi connectivity index (χ0n) is 27.1. The third-order valence-corrected chi connectivity index (χ3v) is 8.29. The summed E-state index contributed by atoms with van der Waals surface area (Å²) in [6, 6.07) is 25.8. The molecule has 0 bridgehead atoms. The molecule has 5 rings (SSSR count). The van der Waals surface area contributed by atoms with E-state index in [0.717, 1.165) is 34.7 Å². The van der Waals surface area contributed by atoms with E-state index in [4.69, 9.17) is 4.74 Å². The molecule has 4 aromatic carbocycles. The van der Waals surface area contributed by atoms with Crippen molar-refractivity contribution in [2.45, 2.75) is 77.6 Å². The Kier molecular flexibility index (Phi) is 9.65. The van der Waals surface area contributed by atoms with Crippen LogP contribution in [0.4, 0.5) is 10.5 Å². The normalized spacial score (nSPS) is 17.1. The van der Waals surface area contributed by atoms with E-state index >= 15 is 0 Å². The van der Waals surface area contributed by atoms with E-state index in [1.54, 1.807) is 49.9 Å². The van der Waals surface area contributed by atoms with Gasteiger partial charge in [0.15, 0.2) is 0 Å². The molecule has 0 radical (unpaired) electrons. The number of amides is 3. The van der Waals surface area contributed by atoms with Crippen molar-refractivity contribution >= 4 is 34.4 Å². The van der Waals surface area contributed by atoms with Crippen LogP contribution in [0.3, 0.4) is 0 Å². The topological polar surface area (TPSA) is 108 Å². The maximum Gasteiger partial charge on any atom is 0.408 e. The van der Waals surface area contributed by atoms with Gasteiger partial charge in [-0.15, -0.1) is 0 Å². The quantitative estimate of drug-likeness (QED) is 0.174. The molecular weight excluding hydrogens is 578 g/mol. The van der Waals surface area contributed by atoms with Crippen LogP contribution < -0.4 is 10.6 Å². The summed E-state index contributed by atoms with van der Waals surface area (Å²) in [6.45, 7) is 9.40. The Morgan fingerprint density at radius 1 is 0.913 bits per heavy atom. The van der Waals surface area contributed by atoms with Crippen LogP contribution in [0.1, 0.15) is 63.8 Å². The number of carbonyl (C=O) groups excluding carboxylic acids is 3. The summed E-state index contributed by atoms with van der Waals surface area (Å²) in [5, 5.41) is 17.8. The lowest BCUT2D eigenvalue weighted by Gasteiger charge is -2.35. The van der Waals surface area contributed by atoms with Gasteiger partial charge < -0.3 is 25.4 Å². The minimum atomic E-state index is -1.03. The monoisotopic (exact) mass is 621 g/mol. The summed E-state index contributed by atoms with van der Waals surface area (Å²) >= 11 is 0. The maximum atomic E-state index is 14.7. The average molecular weight is 622 g/mol. The summed E-state index contributed by atoms with van der Waals surface area (Å²) in [6.07, 6.45) is 0.990. The van der Waals surface area contributed by atoms with Crippen LogP contribution in [0.5, 0.6) is 5.75 Å². The molecule has 1 aliphatic carbocycles. The number of anilines is 1. The fraction of sp³-hybridized carbons (Fsp3) is 0.342. The summed E-state index contributed by atoms with van der Waals surface area (Å²) in [7, 11) is 0. The second kappa shape index (κ2) is 13.6. The Morgan fingerprint density at radius 2 is 1.54 bits per heavy atom. The maximum absolute atomic E-state index is 14.7. The Morgan fingerprint density at radius 3 is 2.15 bits per heavy atom. The molecule has 3 amide bonds. The van der Waals surface area contributed by atoms with Crippen LogP contribution in [-0.4, -0.2) is 45.6 Å². The number of nitrogens with one attached hydrogen (secondary N) is 2. The molecule has 4 unspecified atom stereocenters. The van der Waals surface area contributed by atoms with Gasteiger partial charge in [0.1, 0.15) is 23.4 Å². The van der Waals surface area contributed by atoms with Crippen LogP contribution in [0.15, 0.2) is 91.0 Å². The smallest absolute Gasteiger partial charge is 0.408 e. The highest BCUT2D eigenvalue weighted by Crippen LogP contribution is 2.41. The zero-order chi connectivity index (χ0) is 33.0. The molecule has 0 heterocycles. The fourth-order valence-electron chi connectivity index (χ4n) is 5.72. The predicted octanol–water partition coefficient (Wildman–Crippen LogP) is 7.16. The number of alkyl carbamates (subject to hydrolysis) is 1. The second-order valence-electron chi connectivity index (χ2n) is 13.1. The summed E-state index contributed by atoms with van der Waals surface area (Å²) in [5.41, 5.74) is 2.39. The number of benzene rings is 4. The highest BCUT2D eigenvalue weighted by atomic mass is 16.6. The number of nitrogens with zero attached hydrogens (tertiary/aromatic N) is 1. The molecule has 0 spiro atoms. The van der Waals surface area contributed by atoms with Crippen molar-refractivity contribution in [2.24, 2.45) is 5.92 Å². The van der Waals surface area contributed by atoms with Crippen LogP contribution in [-0.2, 0) is 27.2 Å². The number of ether oxygens (including phenoxy) is 1. The Hall–Kier alpha value is -4.85. The fourth-order valence-corrected chi connectivity index (χ4v) is 5.72. The number of hydrogen-bond acceptors (Lipinski definition) is 5. The standard InChI is InChI=1S/C38H43N3O5/c1-6-25-11-15-28(16-12-25)34(35(43)39-30-18-17-27-9-7-8-10-29(27)23-30)41(33-21-24(33)2)36(44)32(40-37(45)46-38(3,4)5)22-26-13-19-31(42)20-14-26/h7-20,23-24,32-34,42H,6,21-22H2,1-5H3,(H,39,43)(H,40,45). The molecule has 4 atom stereocenters. The van der Waals surface area contributed by atoms with Gasteiger partial charge in [0.2, 0.25) is 5.91 Å². The summed E-state index contributed by atoms with van der Waals surface area (Å²) < 4.78 is 5.54. The van der Waals surface area contributed by atoms with Crippen molar-refractivity contribution in [1.82, 2.24) is 10.2 Å². The highest BCUT2D eigenvalue weighted by Gasteiger charge is 2.48. The van der Waals surface area contributed by atoms with E-state index in [1.807, 2.05) is 66.7 Å². The van der Waals surface area contributed by atoms with E-state index in [9.17, 15) is 19.5 Å². The van der Waals surface area contributed by atoms with Gasteiger partial charge in [0.05, 0.1) is 0 Å². The zero-order valence-corrected chi connectivity index (χ0v) is 27.1. The molecular formula is C38H43N3O5. The third-order valence-electron chi connectivity index (χ3n) is 8.29. The summed E-state index contributed by atoms with van der Waals surface area (Å²) in [5.74, 6) is -0.453. The number of rotatable bonds is 10. The average Bonchev–Trinajstić information content (AvgIpc) is 3.74. The van der Waals surface area contributed by atoms with Crippen LogP contribution in [0, 0.1) is 5.92 Å². The van der Waals surface area contributed by atoms with Crippen LogP contribution in [0.25, 0.3) is 10.8 Å². The first kappa shape index (κ1) is 32.5. The van der Waals surface area contributed by atoms with Gasteiger partial charge >= 0.3 is 6.09 Å². The largest absolute Gasteiger partial charge is 0.508 e. The van der Waals surface area contributed by atoms with Crippen molar-refractivity contribution in [3.8, 4) is 5.75 Å². The Bertz CT molecular complexity index is 1690. The van der Waals surface area contributed by atoms with E-state index in [2.05, 4.69) is 24.5 Å². The lowest BCUT2D eigenvalue weighted by atomic mass is 9.98. The first-order chi connectivity index (χ1) is 21.9. The van der Waals surface area contributed by atoms with Gasteiger partial charge in [0, 0.05) is 18.2 Å². The number of phenols is 1. The molecule has 1 saturated carbocycles. The molecule has 8 heteroatoms. The lowest BCUT2D eigenvalue weighted by molar-refractivity contribution is -0.141. The van der Waals surface area contributed by atoms with Crippen LogP contribution in [0.2, 0.25) is 0 Å². The molecule has 1 fully saturated rings. The van der Waals surface area contributed by atoms with Crippen LogP contribution >= 0.6 is 0 Å². The number of aryl methyl sites for hydroxylation is 1. The molecule has 0 saturated heterocycles. The molecule has 240 valence electrons. The number of fused-ring (bicyclic) bond motifs is 1. The number of aromatic hydroxyl groups is 1. The van der Waals surface area contributed by atoms with E-state index in [0.29, 0.717) is 11.3 Å². The van der Waals surface area contributed by atoms with Gasteiger partial charge in [-0.25, -0.2) is 4.79 Å². The Balaban J connectivity index is 1.53. The Labute approximate surface area is 270 Å². The second-order valence-corrected chi connectivity index (χ2v) is 13.1. The van der Waals surface area contributed by atoms with E-state index in [1.165, 1.54) is 0 Å². The van der Waals surface area contributed by atoms with E-state index in [-0.39, 0.29) is 35.9 Å². The predicted molar refractivity (Wildman–Crippen MR) is 181 cm³/mol. The first-order valence-corrected chi connectivity index (χ1v) is 15.9. The number of hydrogen-bond donors (Lipinski definition) is 3. The van der Waals surface area contributed by atoms with Gasteiger partial charge in [-0.2, -0.15) is 0 Å². The van der Waals surface area contributed by atoms with E-state index < -0.39 is 23.8 Å². The number of carbonyl (C=O) groups is 3. The van der Waals surface area contributed by atoms with Gasteiger partial charge in [-0.05, 0) is 91.3 Å². The highest BCUT2D eigenvalue weighted by molar-refractivity contribution is 6.00. The third kappa shape index (κ3) is 8.05. The minimum Gasteiger partial charge on any atom is -0.508 e. The van der Waals surface area contributed by atoms with Crippen molar-refractivity contribution in [3.63, 3.8) is 0 Å². The van der Waals surface area contributed by atoms with Crippen molar-refractivity contribution in [1.29, 1.82) is 0 Å². The van der Waals surface area contributed by atoms with Gasteiger partial charge in [-0.1, -0.05) is 80.6 Å². The van der Waals surface area contributed by atoms with Crippen molar-refractivity contribution < 1.29 is 24.2 Å². The SMILES string of the molecule is CCc1ccc(C(C(=O)Nc2ccc3ccccc3c2)N(C(=O)C(Cc2ccc(O)cc2)NC(=O)OC(C)(C)C)C2CC2C)cc1. The molecule has 3 N–H and O–H groups in total. The van der Waals surface area contributed by atoms with Gasteiger partial charge in [-0.3, -0.25) is 9.59 Å². The van der Waals surface area contributed by atoms with Crippen molar-refractivity contribution in [2.75, 3.05) is 5.32 Å². The minimum absolute atomic E-state index is 0.0983. The lowest BCUT2D eigenvalue weighted by Crippen LogP contribution is -2.54. The van der Waals surface area contributed by atoms with Gasteiger partial charge in [0.25, 0.3) is 5.91 Å². The molecule has 4 aromatic rings. The summed E-state index contributed by atoms with van der Waals surface area (Å²) in [4.78, 5) is 43.8. The molecule has 0 aliphatic heterocycles. The molecule has 1 aliphatic rings.